The summed E-state index contributed by atoms with van der Waals surface area (Å²) in [4.78, 5) is 11.3. The van der Waals surface area contributed by atoms with E-state index < -0.39 is 10.8 Å². The van der Waals surface area contributed by atoms with Crippen molar-refractivity contribution < 1.29 is 9.00 Å². The van der Waals surface area contributed by atoms with Crippen molar-refractivity contribution in [1.29, 1.82) is 0 Å². The van der Waals surface area contributed by atoms with E-state index in [0.29, 0.717) is 17.9 Å². The van der Waals surface area contributed by atoms with Crippen LogP contribution in [-0.4, -0.2) is 38.9 Å². The molecule has 0 aliphatic heterocycles. The van der Waals surface area contributed by atoms with Gasteiger partial charge in [0, 0.05) is 35.5 Å². The van der Waals surface area contributed by atoms with Crippen LogP contribution in [-0.2, 0) is 10.8 Å². The van der Waals surface area contributed by atoms with Crippen molar-refractivity contribution in [3.63, 3.8) is 0 Å². The number of nitrogens with one attached hydrogen (secondary N) is 2. The van der Waals surface area contributed by atoms with Crippen LogP contribution in [0.2, 0.25) is 0 Å². The third kappa shape index (κ3) is 3.69. The lowest BCUT2D eigenvalue weighted by molar-refractivity contribution is 0.0954. The summed E-state index contributed by atoms with van der Waals surface area (Å²) in [7, 11) is -0.787. The van der Waals surface area contributed by atoms with E-state index in [1.807, 2.05) is 0 Å². The van der Waals surface area contributed by atoms with Gasteiger partial charge in [-0.05, 0) is 6.42 Å². The van der Waals surface area contributed by atoms with Crippen LogP contribution in [0.25, 0.3) is 0 Å². The molecule has 2 N–H and O–H groups in total. The number of aromatic nitrogens is 2. The number of hydrogen-bond acceptors (Lipinski definition) is 3. The topological polar surface area (TPSA) is 74.8 Å². The molecule has 0 aliphatic carbocycles. The Balaban J connectivity index is 2.19. The van der Waals surface area contributed by atoms with Gasteiger partial charge in [0.2, 0.25) is 0 Å². The molecule has 78 valence electrons. The number of carbonyl (C=O) groups excluding carboxylic acids is 1. The van der Waals surface area contributed by atoms with Crippen LogP contribution >= 0.6 is 0 Å². The minimum atomic E-state index is -0.787. The largest absolute Gasteiger partial charge is 0.352 e. The fourth-order valence-corrected chi connectivity index (χ4v) is 1.51. The molecule has 0 spiro atoms. The molecule has 1 amide bonds. The zero-order valence-electron chi connectivity index (χ0n) is 7.95. The van der Waals surface area contributed by atoms with E-state index in [0.717, 1.165) is 6.42 Å². The highest BCUT2D eigenvalue weighted by molar-refractivity contribution is 7.84. The molecule has 0 fully saturated rings. The first kappa shape index (κ1) is 10.9. The summed E-state index contributed by atoms with van der Waals surface area (Å²) >= 11 is 0. The minimum absolute atomic E-state index is 0.152. The van der Waals surface area contributed by atoms with Crippen LogP contribution in [0.3, 0.4) is 0 Å². The summed E-state index contributed by atoms with van der Waals surface area (Å²) in [6.07, 6.45) is 5.38. The highest BCUT2D eigenvalue weighted by atomic mass is 32.2. The van der Waals surface area contributed by atoms with Crippen LogP contribution in [0.5, 0.6) is 0 Å². The molecule has 0 bridgehead atoms. The fourth-order valence-electron chi connectivity index (χ4n) is 0.954. The Morgan fingerprint density at radius 1 is 1.71 bits per heavy atom. The van der Waals surface area contributed by atoms with Gasteiger partial charge in [0.1, 0.15) is 0 Å². The Bertz CT molecular complexity index is 310. The van der Waals surface area contributed by atoms with Crippen molar-refractivity contribution in [1.82, 2.24) is 15.5 Å². The number of carbonyl (C=O) groups is 1. The summed E-state index contributed by atoms with van der Waals surface area (Å²) in [6, 6.07) is 0. The third-order valence-corrected chi connectivity index (χ3v) is 2.52. The molecule has 0 radical (unpaired) electrons. The number of H-pyrrole nitrogens is 1. The number of nitrogens with zero attached hydrogens (tertiary/aromatic N) is 1. The van der Waals surface area contributed by atoms with Crippen molar-refractivity contribution in [2.75, 3.05) is 18.6 Å². The number of hydrogen-bond donors (Lipinski definition) is 2. The normalized spacial score (nSPS) is 12.4. The predicted octanol–water partition coefficient (Wildman–Crippen LogP) is -0.0919. The average molecular weight is 215 g/mol. The van der Waals surface area contributed by atoms with Crippen molar-refractivity contribution in [2.45, 2.75) is 6.42 Å². The van der Waals surface area contributed by atoms with Crippen LogP contribution in [0.15, 0.2) is 12.4 Å². The molecular weight excluding hydrogens is 202 g/mol. The van der Waals surface area contributed by atoms with E-state index in [1.165, 1.54) is 12.4 Å². The molecule has 0 saturated carbocycles. The maximum Gasteiger partial charge on any atom is 0.254 e. The van der Waals surface area contributed by atoms with Gasteiger partial charge in [-0.1, -0.05) is 0 Å². The van der Waals surface area contributed by atoms with Gasteiger partial charge in [0.25, 0.3) is 5.91 Å². The summed E-state index contributed by atoms with van der Waals surface area (Å²) in [5.41, 5.74) is 0.516. The van der Waals surface area contributed by atoms with Crippen LogP contribution < -0.4 is 5.32 Å². The van der Waals surface area contributed by atoms with Gasteiger partial charge >= 0.3 is 0 Å². The van der Waals surface area contributed by atoms with Crippen molar-refractivity contribution in [3.8, 4) is 0 Å². The van der Waals surface area contributed by atoms with Crippen molar-refractivity contribution in [2.24, 2.45) is 0 Å². The monoisotopic (exact) mass is 215 g/mol. The van der Waals surface area contributed by atoms with Crippen LogP contribution in [0.1, 0.15) is 16.8 Å². The van der Waals surface area contributed by atoms with Gasteiger partial charge in [-0.15, -0.1) is 0 Å². The summed E-state index contributed by atoms with van der Waals surface area (Å²) in [6.45, 7) is 0.545. The molecular formula is C8H13N3O2S. The lowest BCUT2D eigenvalue weighted by Crippen LogP contribution is -2.24. The Hall–Kier alpha value is -1.17. The molecule has 1 aromatic heterocycles. The maximum atomic E-state index is 11.3. The van der Waals surface area contributed by atoms with E-state index in [4.69, 9.17) is 0 Å². The second-order valence-corrected chi connectivity index (χ2v) is 4.43. The van der Waals surface area contributed by atoms with E-state index in [9.17, 15) is 9.00 Å². The van der Waals surface area contributed by atoms with Gasteiger partial charge < -0.3 is 5.32 Å². The van der Waals surface area contributed by atoms with Crippen molar-refractivity contribution in [3.05, 3.63) is 18.0 Å². The zero-order valence-corrected chi connectivity index (χ0v) is 8.76. The zero-order chi connectivity index (χ0) is 10.4. The van der Waals surface area contributed by atoms with Gasteiger partial charge in [-0.2, -0.15) is 5.10 Å². The van der Waals surface area contributed by atoms with E-state index in [1.54, 1.807) is 6.26 Å². The molecule has 1 heterocycles. The summed E-state index contributed by atoms with van der Waals surface area (Å²) in [5, 5.41) is 8.93. The Morgan fingerprint density at radius 3 is 3.07 bits per heavy atom. The van der Waals surface area contributed by atoms with Crippen LogP contribution in [0.4, 0.5) is 0 Å². The predicted molar refractivity (Wildman–Crippen MR) is 54.5 cm³/mol. The minimum Gasteiger partial charge on any atom is -0.352 e. The molecule has 0 aromatic carbocycles. The highest BCUT2D eigenvalue weighted by Crippen LogP contribution is 1.92. The first-order chi connectivity index (χ1) is 6.70. The molecule has 6 heteroatoms. The molecule has 0 saturated heterocycles. The Labute approximate surface area is 84.7 Å². The molecule has 5 nitrogen and oxygen atoms in total. The molecule has 1 unspecified atom stereocenters. The maximum absolute atomic E-state index is 11.3. The SMILES string of the molecule is CS(=O)CCCNC(=O)c1cn[nH]c1. The first-order valence-electron chi connectivity index (χ1n) is 4.27. The smallest absolute Gasteiger partial charge is 0.254 e. The number of amides is 1. The second-order valence-electron chi connectivity index (χ2n) is 2.87. The van der Waals surface area contributed by atoms with E-state index in [-0.39, 0.29) is 5.91 Å². The molecule has 0 aliphatic rings. The van der Waals surface area contributed by atoms with Gasteiger partial charge in [-0.25, -0.2) is 0 Å². The van der Waals surface area contributed by atoms with Gasteiger partial charge in [0.15, 0.2) is 0 Å². The number of aromatic amines is 1. The molecule has 1 aromatic rings. The molecule has 14 heavy (non-hydrogen) atoms. The fraction of sp³-hybridized carbons (Fsp3) is 0.500. The molecule has 1 atom stereocenters. The van der Waals surface area contributed by atoms with E-state index in [2.05, 4.69) is 15.5 Å². The standard InChI is InChI=1S/C8H13N3O2S/c1-14(13)4-2-3-9-8(12)7-5-10-11-6-7/h5-6H,2-4H2,1H3,(H,9,12)(H,10,11). The Kier molecular flexibility index (Phi) is 4.31. The lowest BCUT2D eigenvalue weighted by atomic mass is 10.3. The van der Waals surface area contributed by atoms with E-state index >= 15 is 0 Å². The van der Waals surface area contributed by atoms with Gasteiger partial charge in [-0.3, -0.25) is 14.1 Å². The first-order valence-corrected chi connectivity index (χ1v) is 6.00. The molecule has 1 rings (SSSR count). The quantitative estimate of drug-likeness (QED) is 0.674. The van der Waals surface area contributed by atoms with Crippen molar-refractivity contribution >= 4 is 16.7 Å². The van der Waals surface area contributed by atoms with Crippen LogP contribution in [0, 0.1) is 0 Å². The lowest BCUT2D eigenvalue weighted by Gasteiger charge is -2.01. The third-order valence-electron chi connectivity index (χ3n) is 1.65. The van der Waals surface area contributed by atoms with Gasteiger partial charge in [0.05, 0.1) is 11.8 Å². The second kappa shape index (κ2) is 5.54. The summed E-state index contributed by atoms with van der Waals surface area (Å²) in [5.74, 6) is 0.465. The average Bonchev–Trinajstić information content (AvgIpc) is 2.64. The summed E-state index contributed by atoms with van der Waals surface area (Å²) < 4.78 is 10.7. The highest BCUT2D eigenvalue weighted by Gasteiger charge is 2.04. The number of rotatable bonds is 5. The Morgan fingerprint density at radius 2 is 2.50 bits per heavy atom.